The molecule has 3 nitrogen and oxygen atoms in total. The van der Waals surface area contributed by atoms with E-state index in [2.05, 4.69) is 33.8 Å². The molecule has 2 N–H and O–H groups in total. The molecule has 3 heterocycles. The lowest BCUT2D eigenvalue weighted by Crippen LogP contribution is -2.20. The summed E-state index contributed by atoms with van der Waals surface area (Å²) in [6.45, 7) is 0.759. The van der Waals surface area contributed by atoms with Crippen LogP contribution < -0.4 is 10.6 Å². The van der Waals surface area contributed by atoms with Crippen molar-refractivity contribution in [1.82, 2.24) is 4.98 Å². The van der Waals surface area contributed by atoms with Crippen LogP contribution in [0.2, 0.25) is 5.02 Å². The molecule has 0 bridgehead atoms. The fraction of sp³-hybridized carbons (Fsp3) is 0.150. The molecule has 2 aliphatic rings. The molecule has 124 valence electrons. The molecule has 1 aromatic heterocycles. The van der Waals surface area contributed by atoms with Crippen molar-refractivity contribution in [2.24, 2.45) is 0 Å². The molecule has 2 atom stereocenters. The largest absolute Gasteiger partial charge is 0.377 e. The second kappa shape index (κ2) is 5.46. The van der Waals surface area contributed by atoms with Gasteiger partial charge in [0.25, 0.3) is 0 Å². The summed E-state index contributed by atoms with van der Waals surface area (Å²) in [4.78, 5) is 4.49. The van der Waals surface area contributed by atoms with Crippen LogP contribution in [-0.2, 0) is 0 Å². The van der Waals surface area contributed by atoms with Gasteiger partial charge in [0.05, 0.1) is 11.1 Å². The number of fused-ring (bicyclic) bond motifs is 2. The molecular weight excluding hydrogens is 337 g/mol. The highest BCUT2D eigenvalue weighted by Crippen LogP contribution is 2.49. The van der Waals surface area contributed by atoms with E-state index >= 15 is 0 Å². The second-order valence-electron chi connectivity index (χ2n) is 6.45. The van der Waals surface area contributed by atoms with Gasteiger partial charge in [-0.25, -0.2) is 9.37 Å². The van der Waals surface area contributed by atoms with E-state index in [0.717, 1.165) is 29.2 Å². The normalized spacial score (nSPS) is 20.1. The van der Waals surface area contributed by atoms with Crippen molar-refractivity contribution < 1.29 is 4.39 Å². The molecular formula is C20H15ClFN3. The van der Waals surface area contributed by atoms with Gasteiger partial charge >= 0.3 is 0 Å². The number of pyridine rings is 1. The highest BCUT2D eigenvalue weighted by molar-refractivity contribution is 6.30. The fourth-order valence-electron chi connectivity index (χ4n) is 3.95. The highest BCUT2D eigenvalue weighted by atomic mass is 35.5. The molecule has 2 unspecified atom stereocenters. The number of anilines is 2. The van der Waals surface area contributed by atoms with Crippen LogP contribution in [0.3, 0.4) is 0 Å². The summed E-state index contributed by atoms with van der Waals surface area (Å²) < 4.78 is 14.1. The van der Waals surface area contributed by atoms with Crippen molar-refractivity contribution in [3.05, 3.63) is 76.7 Å². The Morgan fingerprint density at radius 3 is 2.84 bits per heavy atom. The van der Waals surface area contributed by atoms with Crippen molar-refractivity contribution in [3.63, 3.8) is 0 Å². The van der Waals surface area contributed by atoms with E-state index in [1.807, 2.05) is 24.4 Å². The number of para-hydroxylation sites is 1. The molecule has 0 saturated heterocycles. The van der Waals surface area contributed by atoms with Gasteiger partial charge in [-0.2, -0.15) is 0 Å². The average Bonchev–Trinajstić information content (AvgIpc) is 3.00. The second-order valence-corrected chi connectivity index (χ2v) is 6.86. The number of hydrogen-bond acceptors (Lipinski definition) is 3. The van der Waals surface area contributed by atoms with Gasteiger partial charge in [-0.05, 0) is 35.4 Å². The average molecular weight is 352 g/mol. The fourth-order valence-corrected chi connectivity index (χ4v) is 4.07. The minimum Gasteiger partial charge on any atom is -0.377 e. The van der Waals surface area contributed by atoms with E-state index in [4.69, 9.17) is 11.6 Å². The summed E-state index contributed by atoms with van der Waals surface area (Å²) in [7, 11) is 0. The monoisotopic (exact) mass is 351 g/mol. The van der Waals surface area contributed by atoms with Gasteiger partial charge in [-0.3, -0.25) is 0 Å². The van der Waals surface area contributed by atoms with Gasteiger partial charge in [-0.15, -0.1) is 0 Å². The third-order valence-corrected chi connectivity index (χ3v) is 5.39. The summed E-state index contributed by atoms with van der Waals surface area (Å²) in [5.41, 5.74) is 5.45. The maximum absolute atomic E-state index is 14.1. The lowest BCUT2D eigenvalue weighted by molar-refractivity contribution is 0.606. The Morgan fingerprint density at radius 2 is 1.96 bits per heavy atom. The van der Waals surface area contributed by atoms with Gasteiger partial charge in [0.2, 0.25) is 0 Å². The van der Waals surface area contributed by atoms with Gasteiger partial charge in [0, 0.05) is 35.5 Å². The van der Waals surface area contributed by atoms with E-state index in [1.165, 1.54) is 17.2 Å². The van der Waals surface area contributed by atoms with E-state index < -0.39 is 5.82 Å². The number of nitrogens with zero attached hydrogens (tertiary/aromatic N) is 1. The summed E-state index contributed by atoms with van der Waals surface area (Å²) in [5.74, 6) is 0.684. The van der Waals surface area contributed by atoms with Crippen molar-refractivity contribution >= 4 is 23.1 Å². The van der Waals surface area contributed by atoms with Crippen LogP contribution in [0.5, 0.6) is 0 Å². The van der Waals surface area contributed by atoms with Gasteiger partial charge < -0.3 is 10.6 Å². The number of halogens is 2. The van der Waals surface area contributed by atoms with Crippen molar-refractivity contribution in [2.45, 2.75) is 12.0 Å². The number of nitrogens with one attached hydrogen (secondary N) is 2. The number of rotatable bonds is 1. The summed E-state index contributed by atoms with van der Waals surface area (Å²) in [5, 5.41) is 7.17. The summed E-state index contributed by atoms with van der Waals surface area (Å²) in [6.07, 6.45) is 1.84. The summed E-state index contributed by atoms with van der Waals surface area (Å²) >= 11 is 5.88. The zero-order valence-corrected chi connectivity index (χ0v) is 14.0. The third kappa shape index (κ3) is 2.21. The number of hydrogen-bond donors (Lipinski definition) is 2. The quantitative estimate of drug-likeness (QED) is 0.631. The van der Waals surface area contributed by atoms with Crippen LogP contribution in [0, 0.1) is 5.82 Å². The molecule has 0 spiro atoms. The number of benzene rings is 2. The highest BCUT2D eigenvalue weighted by Gasteiger charge is 2.37. The minimum absolute atomic E-state index is 0.0629. The Morgan fingerprint density at radius 1 is 1.08 bits per heavy atom. The van der Waals surface area contributed by atoms with Crippen LogP contribution >= 0.6 is 11.6 Å². The molecule has 5 heteroatoms. The minimum atomic E-state index is -0.393. The molecule has 3 aromatic rings. The Bertz CT molecular complexity index is 988. The van der Waals surface area contributed by atoms with Crippen molar-refractivity contribution in [3.8, 4) is 11.1 Å². The Labute approximate surface area is 149 Å². The summed E-state index contributed by atoms with van der Waals surface area (Å²) in [6, 6.07) is 15.3. The van der Waals surface area contributed by atoms with Crippen LogP contribution in [0.25, 0.3) is 11.1 Å². The lowest BCUT2D eigenvalue weighted by Gasteiger charge is -2.25. The molecule has 2 aliphatic heterocycles. The van der Waals surface area contributed by atoms with E-state index in [9.17, 15) is 4.39 Å². The first-order valence-corrected chi connectivity index (χ1v) is 8.64. The zero-order chi connectivity index (χ0) is 17.0. The van der Waals surface area contributed by atoms with E-state index in [1.54, 1.807) is 6.07 Å². The van der Waals surface area contributed by atoms with Gasteiger partial charge in [0.15, 0.2) is 0 Å². The zero-order valence-electron chi connectivity index (χ0n) is 13.3. The molecule has 5 rings (SSSR count). The molecule has 0 amide bonds. The topological polar surface area (TPSA) is 37.0 Å². The molecule has 0 aliphatic carbocycles. The first-order valence-electron chi connectivity index (χ1n) is 8.26. The molecule has 0 saturated carbocycles. The molecule has 0 radical (unpaired) electrons. The van der Waals surface area contributed by atoms with Crippen molar-refractivity contribution in [2.75, 3.05) is 17.2 Å². The van der Waals surface area contributed by atoms with Gasteiger partial charge in [0.1, 0.15) is 11.6 Å². The predicted molar refractivity (Wildman–Crippen MR) is 98.7 cm³/mol. The molecule has 25 heavy (non-hydrogen) atoms. The molecule has 0 fully saturated rings. The predicted octanol–water partition coefficient (Wildman–Crippen LogP) is 5.22. The van der Waals surface area contributed by atoms with Gasteiger partial charge in [-0.1, -0.05) is 35.9 Å². The maximum atomic E-state index is 14.1. The Balaban J connectivity index is 1.74. The first-order chi connectivity index (χ1) is 12.2. The maximum Gasteiger partial charge on any atom is 0.142 e. The lowest BCUT2D eigenvalue weighted by atomic mass is 9.87. The van der Waals surface area contributed by atoms with Crippen molar-refractivity contribution in [1.29, 1.82) is 0 Å². The smallest absolute Gasteiger partial charge is 0.142 e. The van der Waals surface area contributed by atoms with Crippen LogP contribution in [0.4, 0.5) is 15.9 Å². The third-order valence-electron chi connectivity index (χ3n) is 5.08. The molecule has 2 aromatic carbocycles. The van der Waals surface area contributed by atoms with E-state index in [0.29, 0.717) is 0 Å². The Hall–Kier alpha value is -2.59. The first kappa shape index (κ1) is 14.7. The number of aromatic nitrogens is 1. The van der Waals surface area contributed by atoms with Crippen LogP contribution in [0.15, 0.2) is 54.7 Å². The van der Waals surface area contributed by atoms with Crippen LogP contribution in [-0.4, -0.2) is 11.5 Å². The SMILES string of the molecule is Fc1cc(C2Nc3ccccc3-c3ccnc4c3C2CN4)ccc1Cl. The van der Waals surface area contributed by atoms with Crippen LogP contribution in [0.1, 0.15) is 23.1 Å². The standard InChI is InChI=1S/C20H15ClFN3/c21-15-6-5-11(9-16(15)22)19-14-10-24-20-18(14)13(7-8-23-20)12-3-1-2-4-17(12)25-19/h1-9,14,19,25H,10H2,(H,23,24). The Kier molecular flexibility index (Phi) is 3.22. The van der Waals surface area contributed by atoms with E-state index in [-0.39, 0.29) is 17.0 Å².